The van der Waals surface area contributed by atoms with E-state index in [1.54, 1.807) is 0 Å². The minimum atomic E-state index is -0.132. The largest absolute Gasteiger partial charge is 0.396 e. The maximum Gasteiger partial charge on any atom is 0.272 e. The quantitative estimate of drug-likeness (QED) is 0.646. The smallest absolute Gasteiger partial charge is 0.272 e. The molecule has 0 spiro atoms. The third-order valence-corrected chi connectivity index (χ3v) is 2.89. The van der Waals surface area contributed by atoms with Crippen molar-refractivity contribution in [3.05, 3.63) is 17.0 Å². The molecule has 1 heterocycles. The lowest BCUT2D eigenvalue weighted by atomic mass is 9.96. The Hall–Kier alpha value is -1.36. The van der Waals surface area contributed by atoms with E-state index in [9.17, 15) is 4.79 Å². The van der Waals surface area contributed by atoms with E-state index in [1.807, 2.05) is 0 Å². The van der Waals surface area contributed by atoms with Crippen LogP contribution in [0.5, 0.6) is 0 Å². The summed E-state index contributed by atoms with van der Waals surface area (Å²) < 4.78 is 0. The first-order valence-corrected chi connectivity index (χ1v) is 5.78. The molecule has 1 aliphatic carbocycles. The number of nitrogens with zero attached hydrogens (tertiary/aromatic N) is 1. The Morgan fingerprint density at radius 2 is 2.25 bits per heavy atom. The van der Waals surface area contributed by atoms with Gasteiger partial charge in [-0.3, -0.25) is 9.89 Å². The fraction of sp³-hybridized carbons (Fsp3) is 0.636. The van der Waals surface area contributed by atoms with Gasteiger partial charge in [0.1, 0.15) is 0 Å². The molecule has 0 bridgehead atoms. The first kappa shape index (κ1) is 11.1. The van der Waals surface area contributed by atoms with Gasteiger partial charge in [-0.1, -0.05) is 0 Å². The molecule has 16 heavy (non-hydrogen) atoms. The molecular weight excluding hydrogens is 206 g/mol. The van der Waals surface area contributed by atoms with Crippen molar-refractivity contribution in [2.45, 2.75) is 32.1 Å². The van der Waals surface area contributed by atoms with E-state index in [2.05, 4.69) is 15.5 Å². The molecule has 5 heteroatoms. The van der Waals surface area contributed by atoms with Crippen molar-refractivity contribution in [1.29, 1.82) is 0 Å². The monoisotopic (exact) mass is 223 g/mol. The summed E-state index contributed by atoms with van der Waals surface area (Å²) in [6.45, 7) is 0.593. The van der Waals surface area contributed by atoms with Crippen molar-refractivity contribution < 1.29 is 9.90 Å². The average molecular weight is 223 g/mol. The van der Waals surface area contributed by atoms with Crippen molar-refractivity contribution in [2.24, 2.45) is 0 Å². The number of aromatic amines is 1. The fourth-order valence-electron chi connectivity index (χ4n) is 2.03. The van der Waals surface area contributed by atoms with Gasteiger partial charge in [0, 0.05) is 24.4 Å². The SMILES string of the molecule is O=C(NCCCO)c1n[nH]c2c1CCCC2. The number of aryl methyl sites for hydroxylation is 1. The van der Waals surface area contributed by atoms with Crippen LogP contribution in [0, 0.1) is 0 Å². The van der Waals surface area contributed by atoms with Crippen molar-refractivity contribution in [3.8, 4) is 0 Å². The Morgan fingerprint density at radius 1 is 1.44 bits per heavy atom. The van der Waals surface area contributed by atoms with Crippen molar-refractivity contribution >= 4 is 5.91 Å². The molecule has 0 atom stereocenters. The van der Waals surface area contributed by atoms with Crippen LogP contribution in [0.4, 0.5) is 0 Å². The zero-order valence-corrected chi connectivity index (χ0v) is 9.25. The second-order valence-electron chi connectivity index (χ2n) is 4.07. The van der Waals surface area contributed by atoms with Gasteiger partial charge in [-0.05, 0) is 32.1 Å². The number of carbonyl (C=O) groups is 1. The van der Waals surface area contributed by atoms with Gasteiger partial charge in [-0.2, -0.15) is 5.10 Å². The highest BCUT2D eigenvalue weighted by Gasteiger charge is 2.20. The molecule has 88 valence electrons. The highest BCUT2D eigenvalue weighted by molar-refractivity contribution is 5.94. The summed E-state index contributed by atoms with van der Waals surface area (Å²) >= 11 is 0. The summed E-state index contributed by atoms with van der Waals surface area (Å²) in [6, 6.07) is 0. The molecule has 3 N–H and O–H groups in total. The number of hydrogen-bond acceptors (Lipinski definition) is 3. The number of amides is 1. The standard InChI is InChI=1S/C11H17N3O2/c15-7-3-6-12-11(16)10-8-4-1-2-5-9(8)13-14-10/h15H,1-7H2,(H,12,16)(H,13,14). The van der Waals surface area contributed by atoms with Crippen LogP contribution in [-0.2, 0) is 12.8 Å². The summed E-state index contributed by atoms with van der Waals surface area (Å²) in [7, 11) is 0. The molecular formula is C11H17N3O2. The highest BCUT2D eigenvalue weighted by atomic mass is 16.3. The van der Waals surface area contributed by atoms with Crippen molar-refractivity contribution in [1.82, 2.24) is 15.5 Å². The molecule has 0 saturated heterocycles. The van der Waals surface area contributed by atoms with Gasteiger partial charge in [-0.15, -0.1) is 0 Å². The molecule has 1 amide bonds. The second-order valence-corrected chi connectivity index (χ2v) is 4.07. The summed E-state index contributed by atoms with van der Waals surface area (Å²) in [6.07, 6.45) is 4.81. The maximum absolute atomic E-state index is 11.8. The molecule has 2 rings (SSSR count). The summed E-state index contributed by atoms with van der Waals surface area (Å²) in [5.41, 5.74) is 2.72. The average Bonchev–Trinajstić information content (AvgIpc) is 2.73. The van der Waals surface area contributed by atoms with Crippen LogP contribution in [0.1, 0.15) is 41.0 Å². The summed E-state index contributed by atoms with van der Waals surface area (Å²) in [4.78, 5) is 11.8. The van der Waals surface area contributed by atoms with E-state index in [4.69, 9.17) is 5.11 Å². The van der Waals surface area contributed by atoms with Gasteiger partial charge in [-0.25, -0.2) is 0 Å². The van der Waals surface area contributed by atoms with Gasteiger partial charge in [0.05, 0.1) is 0 Å². The van der Waals surface area contributed by atoms with Crippen LogP contribution < -0.4 is 5.32 Å². The van der Waals surface area contributed by atoms with E-state index < -0.39 is 0 Å². The molecule has 1 aromatic heterocycles. The number of nitrogens with one attached hydrogen (secondary N) is 2. The number of hydrogen-bond donors (Lipinski definition) is 3. The first-order chi connectivity index (χ1) is 7.83. The van der Waals surface area contributed by atoms with Crippen LogP contribution in [0.3, 0.4) is 0 Å². The van der Waals surface area contributed by atoms with Crippen LogP contribution in [-0.4, -0.2) is 34.4 Å². The van der Waals surface area contributed by atoms with Gasteiger partial charge >= 0.3 is 0 Å². The van der Waals surface area contributed by atoms with Crippen molar-refractivity contribution in [2.75, 3.05) is 13.2 Å². The molecule has 0 aromatic carbocycles. The van der Waals surface area contributed by atoms with Gasteiger partial charge in [0.15, 0.2) is 5.69 Å². The molecule has 0 radical (unpaired) electrons. The topological polar surface area (TPSA) is 78.0 Å². The predicted molar refractivity (Wildman–Crippen MR) is 59.3 cm³/mol. The second kappa shape index (κ2) is 5.12. The molecule has 0 saturated carbocycles. The lowest BCUT2D eigenvalue weighted by molar-refractivity contribution is 0.0945. The number of fused-ring (bicyclic) bond motifs is 1. The number of aliphatic hydroxyl groups excluding tert-OH is 1. The first-order valence-electron chi connectivity index (χ1n) is 5.78. The van der Waals surface area contributed by atoms with E-state index in [0.717, 1.165) is 30.5 Å². The van der Waals surface area contributed by atoms with Gasteiger partial charge in [0.25, 0.3) is 5.91 Å². The van der Waals surface area contributed by atoms with Crippen LogP contribution in [0.15, 0.2) is 0 Å². The fourth-order valence-corrected chi connectivity index (χ4v) is 2.03. The van der Waals surface area contributed by atoms with Gasteiger partial charge < -0.3 is 10.4 Å². The third-order valence-electron chi connectivity index (χ3n) is 2.89. The van der Waals surface area contributed by atoms with E-state index in [0.29, 0.717) is 18.7 Å². The Balaban J connectivity index is 2.03. The summed E-state index contributed by atoms with van der Waals surface area (Å²) in [5.74, 6) is -0.132. The zero-order chi connectivity index (χ0) is 11.4. The summed E-state index contributed by atoms with van der Waals surface area (Å²) in [5, 5.41) is 18.4. The predicted octanol–water partition coefficient (Wildman–Crippen LogP) is 0.401. The van der Waals surface area contributed by atoms with Gasteiger partial charge in [0.2, 0.25) is 0 Å². The van der Waals surface area contributed by atoms with Crippen LogP contribution >= 0.6 is 0 Å². The highest BCUT2D eigenvalue weighted by Crippen LogP contribution is 2.21. The molecule has 1 aliphatic rings. The van der Waals surface area contributed by atoms with Crippen LogP contribution in [0.25, 0.3) is 0 Å². The molecule has 1 aromatic rings. The Bertz CT molecular complexity index is 373. The Labute approximate surface area is 94.2 Å². The third kappa shape index (κ3) is 2.24. The minimum Gasteiger partial charge on any atom is -0.396 e. The van der Waals surface area contributed by atoms with E-state index >= 15 is 0 Å². The molecule has 0 aliphatic heterocycles. The maximum atomic E-state index is 11.8. The Kier molecular flexibility index (Phi) is 3.56. The minimum absolute atomic E-state index is 0.0962. The molecule has 0 fully saturated rings. The molecule has 5 nitrogen and oxygen atoms in total. The normalized spacial score (nSPS) is 14.6. The lowest BCUT2D eigenvalue weighted by Gasteiger charge is -2.10. The van der Waals surface area contributed by atoms with Crippen LogP contribution in [0.2, 0.25) is 0 Å². The zero-order valence-electron chi connectivity index (χ0n) is 9.25. The number of aromatic nitrogens is 2. The molecule has 0 unspecified atom stereocenters. The Morgan fingerprint density at radius 3 is 3.06 bits per heavy atom. The number of aliphatic hydroxyl groups is 1. The van der Waals surface area contributed by atoms with E-state index in [-0.39, 0.29) is 12.5 Å². The van der Waals surface area contributed by atoms with Crippen molar-refractivity contribution in [3.63, 3.8) is 0 Å². The number of carbonyl (C=O) groups excluding carboxylic acids is 1. The lowest BCUT2D eigenvalue weighted by Crippen LogP contribution is -2.26. The number of H-pyrrole nitrogens is 1. The van der Waals surface area contributed by atoms with E-state index in [1.165, 1.54) is 6.42 Å². The number of rotatable bonds is 4.